The Balaban J connectivity index is 7.18. The molecule has 0 fully saturated rings. The van der Waals surface area contributed by atoms with Crippen molar-refractivity contribution in [3.05, 3.63) is 0 Å². The van der Waals surface area contributed by atoms with Crippen molar-refractivity contribution in [1.82, 2.24) is 0 Å². The van der Waals surface area contributed by atoms with Crippen LogP contribution in [0.3, 0.4) is 0 Å². The second kappa shape index (κ2) is 7.62. The second-order valence-corrected chi connectivity index (χ2v) is 6.68. The van der Waals surface area contributed by atoms with Crippen molar-refractivity contribution in [2.24, 2.45) is 0 Å². The van der Waals surface area contributed by atoms with Crippen LogP contribution in [0.1, 0.15) is 12.8 Å². The highest BCUT2D eigenvalue weighted by Gasteiger charge is 2.70. The van der Waals surface area contributed by atoms with E-state index < -0.39 is 66.1 Å². The Morgan fingerprint density at radius 2 is 1.19 bits per heavy atom. The molecule has 7 N–H and O–H groups in total. The van der Waals surface area contributed by atoms with Crippen molar-refractivity contribution in [1.29, 1.82) is 0 Å². The lowest BCUT2D eigenvalue weighted by Gasteiger charge is -2.40. The first-order chi connectivity index (χ1) is 11.4. The van der Waals surface area contributed by atoms with Gasteiger partial charge in [-0.15, -0.1) is 0 Å². The summed E-state index contributed by atoms with van der Waals surface area (Å²) >= 11 is 0. The number of carboxylic acids is 4. The van der Waals surface area contributed by atoms with E-state index in [4.69, 9.17) is 24.6 Å². The third-order valence-electron chi connectivity index (χ3n) is 2.67. The minimum absolute atomic E-state index is 2.19. The second-order valence-electron chi connectivity index (χ2n) is 4.50. The first kappa shape index (κ1) is 23.9. The van der Waals surface area contributed by atoms with Gasteiger partial charge in [-0.3, -0.25) is 18.7 Å². The summed E-state index contributed by atoms with van der Waals surface area (Å²) in [5.41, 5.74) is -8.64. The fourth-order valence-electron chi connectivity index (χ4n) is 1.87. The van der Waals surface area contributed by atoms with E-state index in [2.05, 4.69) is 8.71 Å². The maximum Gasteiger partial charge on any atom is 0.470 e. The summed E-state index contributed by atoms with van der Waals surface area (Å²) < 4.78 is 49.0. The van der Waals surface area contributed by atoms with E-state index in [-0.39, 0.29) is 0 Å². The molecule has 0 spiro atoms. The number of carbonyl (C=O) groups is 4. The summed E-state index contributed by atoms with van der Waals surface area (Å²) in [6, 6.07) is 0. The van der Waals surface area contributed by atoms with E-state index >= 15 is 0 Å². The summed E-state index contributed by atoms with van der Waals surface area (Å²) in [7, 11) is -12.1. The fourth-order valence-corrected chi connectivity index (χ4v) is 3.19. The molecule has 0 bridgehead atoms. The first-order valence-corrected chi connectivity index (χ1v) is 8.63. The third-order valence-corrected chi connectivity index (χ3v) is 3.71. The molecule has 0 heterocycles. The molecule has 2 unspecified atom stereocenters. The predicted octanol–water partition coefficient (Wildman–Crippen LogP) is -2.49. The monoisotopic (exact) mass is 426 g/mol. The molecule has 2 atom stereocenters. The van der Waals surface area contributed by atoms with Gasteiger partial charge in [0.25, 0.3) is 0 Å². The summed E-state index contributed by atoms with van der Waals surface area (Å²) in [4.78, 5) is 62.5. The van der Waals surface area contributed by atoms with Crippen molar-refractivity contribution < 1.29 is 75.6 Å². The lowest BCUT2D eigenvalue weighted by molar-refractivity contribution is -0.205. The number of aliphatic carboxylic acids is 4. The van der Waals surface area contributed by atoms with Crippen LogP contribution in [-0.4, -0.2) is 78.3 Å². The number of phosphoric acid groups is 1. The molecule has 18 heteroatoms. The van der Waals surface area contributed by atoms with Gasteiger partial charge in [-0.2, -0.15) is 8.42 Å². The standard InChI is InChI=1S/C8H11O16PS/c9-3(10)1-7(5(13)14,23-25(17,18)19)8(6(15)16,2-4(11)12)24-26(20,21)22/h1-2H2,(H,9,10)(H,11,12)(H,13,14)(H,15,16)(H2,17,18,19)(H,20,21,22). The SMILES string of the molecule is O=C(O)CC(OP(=O)(O)O)(C(=O)O)C(CC(=O)O)(OS(=O)(=O)O)C(=O)O. The topological polar surface area (TPSA) is 280 Å². The minimum Gasteiger partial charge on any atom is -0.481 e. The molecule has 0 aliphatic carbocycles. The van der Waals surface area contributed by atoms with Gasteiger partial charge < -0.3 is 30.2 Å². The molecule has 26 heavy (non-hydrogen) atoms. The Kier molecular flexibility index (Phi) is 6.99. The summed E-state index contributed by atoms with van der Waals surface area (Å²) in [5, 5.41) is 35.9. The van der Waals surface area contributed by atoms with Crippen LogP contribution >= 0.6 is 7.82 Å². The Bertz CT molecular complexity index is 763. The normalized spacial score (nSPS) is 16.9. The fraction of sp³-hybridized carbons (Fsp3) is 0.500. The van der Waals surface area contributed by atoms with Crippen LogP contribution in [0.2, 0.25) is 0 Å². The highest BCUT2D eigenvalue weighted by Crippen LogP contribution is 2.49. The average Bonchev–Trinajstić information content (AvgIpc) is 2.31. The Morgan fingerprint density at radius 3 is 1.42 bits per heavy atom. The maximum absolute atomic E-state index is 11.5. The van der Waals surface area contributed by atoms with E-state index in [9.17, 15) is 42.4 Å². The quantitative estimate of drug-likeness (QED) is 0.133. The Labute approximate surface area is 142 Å². The number of hydrogen-bond acceptors (Lipinski definition) is 9. The minimum atomic E-state index is -6.10. The van der Waals surface area contributed by atoms with Gasteiger partial charge in [-0.25, -0.2) is 18.3 Å². The molecular formula is C8H11O16PS. The van der Waals surface area contributed by atoms with Crippen molar-refractivity contribution >= 4 is 42.1 Å². The van der Waals surface area contributed by atoms with Crippen molar-refractivity contribution in [3.63, 3.8) is 0 Å². The Hall–Kier alpha value is -2.14. The van der Waals surface area contributed by atoms with E-state index in [0.29, 0.717) is 0 Å². The van der Waals surface area contributed by atoms with E-state index in [1.165, 1.54) is 0 Å². The third kappa shape index (κ3) is 5.70. The molecule has 16 nitrogen and oxygen atoms in total. The smallest absolute Gasteiger partial charge is 0.470 e. The van der Waals surface area contributed by atoms with Crippen molar-refractivity contribution in [3.8, 4) is 0 Å². The zero-order valence-electron chi connectivity index (χ0n) is 12.1. The molecule has 150 valence electrons. The molecule has 0 aromatic rings. The summed E-state index contributed by atoms with van der Waals surface area (Å²) in [6.07, 6.45) is -4.40. The number of hydrogen-bond donors (Lipinski definition) is 7. The van der Waals surface area contributed by atoms with Crippen LogP contribution in [0.4, 0.5) is 0 Å². The van der Waals surface area contributed by atoms with Gasteiger partial charge in [0.2, 0.25) is 11.2 Å². The molecule has 0 saturated heterocycles. The lowest BCUT2D eigenvalue weighted by atomic mass is 9.77. The molecule has 0 aliphatic heterocycles. The van der Waals surface area contributed by atoms with Crippen LogP contribution in [-0.2, 0) is 42.8 Å². The highest BCUT2D eigenvalue weighted by atomic mass is 32.3. The molecule has 0 aromatic carbocycles. The first-order valence-electron chi connectivity index (χ1n) is 5.73. The zero-order chi connectivity index (χ0) is 21.1. The van der Waals surface area contributed by atoms with Crippen LogP contribution in [0, 0.1) is 0 Å². The molecule has 0 saturated carbocycles. The van der Waals surface area contributed by atoms with Gasteiger partial charge in [-0.05, 0) is 0 Å². The predicted molar refractivity (Wildman–Crippen MR) is 71.0 cm³/mol. The van der Waals surface area contributed by atoms with Gasteiger partial charge >= 0.3 is 42.1 Å². The van der Waals surface area contributed by atoms with E-state index in [1.54, 1.807) is 0 Å². The Morgan fingerprint density at radius 1 is 0.846 bits per heavy atom. The molecule has 0 amide bonds. The number of rotatable bonds is 11. The van der Waals surface area contributed by atoms with E-state index in [1.807, 2.05) is 0 Å². The van der Waals surface area contributed by atoms with E-state index in [0.717, 1.165) is 0 Å². The van der Waals surface area contributed by atoms with Gasteiger partial charge in [0.05, 0.1) is 12.8 Å². The highest BCUT2D eigenvalue weighted by molar-refractivity contribution is 7.81. The van der Waals surface area contributed by atoms with Crippen molar-refractivity contribution in [2.45, 2.75) is 24.0 Å². The summed E-state index contributed by atoms with van der Waals surface area (Å²) in [5.74, 6) is -10.3. The molecular weight excluding hydrogens is 415 g/mol. The van der Waals surface area contributed by atoms with Gasteiger partial charge in [0.1, 0.15) is 0 Å². The zero-order valence-corrected chi connectivity index (χ0v) is 13.8. The molecule has 0 radical (unpaired) electrons. The van der Waals surface area contributed by atoms with Crippen molar-refractivity contribution in [2.75, 3.05) is 0 Å². The van der Waals surface area contributed by atoms with Gasteiger partial charge in [0.15, 0.2) is 0 Å². The lowest BCUT2D eigenvalue weighted by Crippen LogP contribution is -2.68. The summed E-state index contributed by atoms with van der Waals surface area (Å²) in [6.45, 7) is 0. The maximum atomic E-state index is 11.5. The van der Waals surface area contributed by atoms with Gasteiger partial charge in [0, 0.05) is 0 Å². The van der Waals surface area contributed by atoms with Crippen LogP contribution < -0.4 is 0 Å². The van der Waals surface area contributed by atoms with Gasteiger partial charge in [-0.1, -0.05) is 0 Å². The largest absolute Gasteiger partial charge is 0.481 e. The average molecular weight is 426 g/mol. The van der Waals surface area contributed by atoms with Crippen LogP contribution in [0.5, 0.6) is 0 Å². The number of phosphoric ester groups is 1. The van der Waals surface area contributed by atoms with Crippen LogP contribution in [0.25, 0.3) is 0 Å². The molecule has 0 aromatic heterocycles. The molecule has 0 rings (SSSR count). The van der Waals surface area contributed by atoms with Crippen LogP contribution in [0.15, 0.2) is 0 Å². The number of carboxylic acid groups (broad SMARTS) is 4. The molecule has 0 aliphatic rings.